The number of hydrogen-bond donors (Lipinski definition) is 2. The molecule has 3 aromatic rings. The van der Waals surface area contributed by atoms with Gasteiger partial charge >= 0.3 is 0 Å². The molecule has 0 aliphatic rings. The number of para-hydroxylation sites is 1. The zero-order valence-electron chi connectivity index (χ0n) is 15.0. The van der Waals surface area contributed by atoms with Gasteiger partial charge in [0, 0.05) is 18.2 Å². The Hall–Kier alpha value is -3.32. The van der Waals surface area contributed by atoms with Gasteiger partial charge in [-0.05, 0) is 37.3 Å². The van der Waals surface area contributed by atoms with Gasteiger partial charge in [-0.15, -0.1) is 0 Å². The summed E-state index contributed by atoms with van der Waals surface area (Å²) in [7, 11) is 0. The lowest BCUT2D eigenvalue weighted by molar-refractivity contribution is 0.103. The number of pyridine rings is 1. The van der Waals surface area contributed by atoms with Crippen molar-refractivity contribution in [1.82, 2.24) is 4.57 Å². The van der Waals surface area contributed by atoms with Crippen LogP contribution in [0.5, 0.6) is 0 Å². The molecular weight excluding hydrogens is 366 g/mol. The lowest BCUT2D eigenvalue weighted by Gasteiger charge is -2.21. The number of aliphatic hydroxyl groups excluding tert-OH is 1. The van der Waals surface area contributed by atoms with Crippen molar-refractivity contribution in [2.45, 2.75) is 13.0 Å². The maximum absolute atomic E-state index is 14.2. The number of carbonyl (C=O) groups excluding carboxylic acids is 1. The molecule has 0 aliphatic carbocycles. The van der Waals surface area contributed by atoms with Crippen molar-refractivity contribution in [2.75, 3.05) is 11.9 Å². The molecule has 0 saturated carbocycles. The Labute approximate surface area is 159 Å². The summed E-state index contributed by atoms with van der Waals surface area (Å²) in [5.41, 5.74) is -0.210. The van der Waals surface area contributed by atoms with Gasteiger partial charge in [0.2, 0.25) is 0 Å². The van der Waals surface area contributed by atoms with E-state index in [9.17, 15) is 23.5 Å². The summed E-state index contributed by atoms with van der Waals surface area (Å²) in [5.74, 6) is -2.39. The lowest BCUT2D eigenvalue weighted by Crippen LogP contribution is -2.29. The number of carbonyl (C=O) groups is 1. The molecule has 0 radical (unpaired) electrons. The Morgan fingerprint density at radius 2 is 1.75 bits per heavy atom. The Kier molecular flexibility index (Phi) is 5.65. The number of halogens is 2. The number of aliphatic hydroxyl groups is 1. The highest BCUT2D eigenvalue weighted by atomic mass is 19.1. The standard InChI is InChI=1S/C21H18F2N2O3/c1-13(12-26)24-21-17(20(28)16-8-7-14(22)11-18(16)23)9-10-19(27)25(21)15-5-3-2-4-6-15/h2-11,13,24,26H,12H2,1H3. The van der Waals surface area contributed by atoms with Crippen molar-refractivity contribution >= 4 is 11.6 Å². The van der Waals surface area contributed by atoms with E-state index >= 15 is 0 Å². The summed E-state index contributed by atoms with van der Waals surface area (Å²) < 4.78 is 28.7. The number of nitrogens with one attached hydrogen (secondary N) is 1. The van der Waals surface area contributed by atoms with Crippen LogP contribution in [0.3, 0.4) is 0 Å². The van der Waals surface area contributed by atoms with Crippen molar-refractivity contribution in [3.8, 4) is 5.69 Å². The molecule has 5 nitrogen and oxygen atoms in total. The zero-order chi connectivity index (χ0) is 20.3. The number of rotatable bonds is 6. The van der Waals surface area contributed by atoms with E-state index in [2.05, 4.69) is 5.32 Å². The molecule has 0 bridgehead atoms. The molecule has 144 valence electrons. The van der Waals surface area contributed by atoms with Gasteiger partial charge in [0.1, 0.15) is 17.5 Å². The molecule has 0 aliphatic heterocycles. The van der Waals surface area contributed by atoms with Crippen LogP contribution in [-0.4, -0.2) is 28.1 Å². The average molecular weight is 384 g/mol. The first-order chi connectivity index (χ1) is 13.4. The summed E-state index contributed by atoms with van der Waals surface area (Å²) in [6.07, 6.45) is 0. The maximum atomic E-state index is 14.2. The van der Waals surface area contributed by atoms with Gasteiger partial charge in [0.15, 0.2) is 5.78 Å². The minimum absolute atomic E-state index is 0.0225. The highest BCUT2D eigenvalue weighted by Crippen LogP contribution is 2.23. The third-order valence-electron chi connectivity index (χ3n) is 4.18. The smallest absolute Gasteiger partial charge is 0.256 e. The van der Waals surface area contributed by atoms with Gasteiger partial charge in [-0.1, -0.05) is 18.2 Å². The van der Waals surface area contributed by atoms with Crippen LogP contribution in [0.2, 0.25) is 0 Å². The first kappa shape index (κ1) is 19.4. The minimum atomic E-state index is -0.997. The fourth-order valence-corrected chi connectivity index (χ4v) is 2.80. The predicted octanol–water partition coefficient (Wildman–Crippen LogP) is 3.14. The second-order valence-electron chi connectivity index (χ2n) is 6.29. The number of benzene rings is 2. The number of nitrogens with zero attached hydrogens (tertiary/aromatic N) is 1. The van der Waals surface area contributed by atoms with Crippen molar-refractivity contribution in [3.63, 3.8) is 0 Å². The molecule has 2 aromatic carbocycles. The number of ketones is 1. The summed E-state index contributed by atoms with van der Waals surface area (Å²) in [5, 5.41) is 12.4. The van der Waals surface area contributed by atoms with Gasteiger partial charge in [0.05, 0.1) is 23.4 Å². The Bertz CT molecular complexity index is 1060. The van der Waals surface area contributed by atoms with E-state index in [0.717, 1.165) is 12.1 Å². The average Bonchev–Trinajstić information content (AvgIpc) is 2.68. The molecule has 1 aromatic heterocycles. The van der Waals surface area contributed by atoms with Crippen molar-refractivity contribution < 1.29 is 18.7 Å². The van der Waals surface area contributed by atoms with Crippen LogP contribution < -0.4 is 10.9 Å². The predicted molar refractivity (Wildman–Crippen MR) is 102 cm³/mol. The van der Waals surface area contributed by atoms with Crippen LogP contribution in [0, 0.1) is 11.6 Å². The first-order valence-corrected chi connectivity index (χ1v) is 8.61. The second kappa shape index (κ2) is 8.14. The van der Waals surface area contributed by atoms with E-state index in [1.165, 1.54) is 16.7 Å². The number of hydrogen-bond acceptors (Lipinski definition) is 4. The van der Waals surface area contributed by atoms with Crippen molar-refractivity contribution in [2.24, 2.45) is 0 Å². The molecular formula is C21H18F2N2O3. The van der Waals surface area contributed by atoms with E-state index in [-0.39, 0.29) is 23.6 Å². The van der Waals surface area contributed by atoms with E-state index in [1.54, 1.807) is 37.3 Å². The zero-order valence-corrected chi connectivity index (χ0v) is 15.0. The van der Waals surface area contributed by atoms with Crippen LogP contribution in [0.4, 0.5) is 14.6 Å². The fourth-order valence-electron chi connectivity index (χ4n) is 2.80. The molecule has 0 saturated heterocycles. The van der Waals surface area contributed by atoms with Crippen LogP contribution in [-0.2, 0) is 0 Å². The largest absolute Gasteiger partial charge is 0.394 e. The summed E-state index contributed by atoms with van der Waals surface area (Å²) in [4.78, 5) is 25.5. The second-order valence-corrected chi connectivity index (χ2v) is 6.29. The molecule has 0 fully saturated rings. The molecule has 2 N–H and O–H groups in total. The first-order valence-electron chi connectivity index (χ1n) is 8.61. The molecule has 0 amide bonds. The third-order valence-corrected chi connectivity index (χ3v) is 4.18. The Balaban J connectivity index is 2.23. The normalized spacial score (nSPS) is 11.9. The van der Waals surface area contributed by atoms with E-state index in [4.69, 9.17) is 0 Å². The van der Waals surface area contributed by atoms with Gasteiger partial charge < -0.3 is 10.4 Å². The monoisotopic (exact) mass is 384 g/mol. The molecule has 1 heterocycles. The minimum Gasteiger partial charge on any atom is -0.394 e. The van der Waals surface area contributed by atoms with E-state index < -0.39 is 29.0 Å². The van der Waals surface area contributed by atoms with Gasteiger partial charge in [-0.3, -0.25) is 14.2 Å². The summed E-state index contributed by atoms with van der Waals surface area (Å²) in [6.45, 7) is 1.41. The number of anilines is 1. The molecule has 7 heteroatoms. The van der Waals surface area contributed by atoms with E-state index in [0.29, 0.717) is 11.8 Å². The molecule has 3 rings (SSSR count). The summed E-state index contributed by atoms with van der Waals surface area (Å²) in [6, 6.07) is 13.3. The van der Waals surface area contributed by atoms with E-state index in [1.807, 2.05) is 0 Å². The molecule has 1 unspecified atom stereocenters. The van der Waals surface area contributed by atoms with Gasteiger partial charge in [-0.2, -0.15) is 0 Å². The SMILES string of the molecule is CC(CO)Nc1c(C(=O)c2ccc(F)cc2F)ccc(=O)n1-c1ccccc1. The third kappa shape index (κ3) is 3.84. The Morgan fingerprint density at radius 3 is 2.39 bits per heavy atom. The highest BCUT2D eigenvalue weighted by molar-refractivity contribution is 6.12. The van der Waals surface area contributed by atoms with Crippen LogP contribution >= 0.6 is 0 Å². The van der Waals surface area contributed by atoms with Crippen LogP contribution in [0.25, 0.3) is 5.69 Å². The van der Waals surface area contributed by atoms with Gasteiger partial charge in [0.25, 0.3) is 5.56 Å². The van der Waals surface area contributed by atoms with Crippen molar-refractivity contribution in [1.29, 1.82) is 0 Å². The number of aromatic nitrogens is 1. The highest BCUT2D eigenvalue weighted by Gasteiger charge is 2.22. The summed E-state index contributed by atoms with van der Waals surface area (Å²) >= 11 is 0. The van der Waals surface area contributed by atoms with Crippen molar-refractivity contribution in [3.05, 3.63) is 93.8 Å². The molecule has 0 spiro atoms. The molecule has 1 atom stereocenters. The quantitative estimate of drug-likeness (QED) is 0.641. The Morgan fingerprint density at radius 1 is 1.07 bits per heavy atom. The topological polar surface area (TPSA) is 71.3 Å². The maximum Gasteiger partial charge on any atom is 0.256 e. The fraction of sp³-hybridized carbons (Fsp3) is 0.143. The van der Waals surface area contributed by atoms with Crippen LogP contribution in [0.15, 0.2) is 65.5 Å². The lowest BCUT2D eigenvalue weighted by atomic mass is 10.0. The molecule has 28 heavy (non-hydrogen) atoms. The van der Waals surface area contributed by atoms with Crippen LogP contribution in [0.1, 0.15) is 22.8 Å². The van der Waals surface area contributed by atoms with Gasteiger partial charge in [-0.25, -0.2) is 8.78 Å².